The molecule has 1 atom stereocenters. The van der Waals surface area contributed by atoms with Crippen LogP contribution in [0.3, 0.4) is 0 Å². The van der Waals surface area contributed by atoms with Crippen LogP contribution >= 0.6 is 0 Å². The van der Waals surface area contributed by atoms with Crippen LogP contribution in [0, 0.1) is 0 Å². The first kappa shape index (κ1) is 12.4. The fraction of sp³-hybridized carbons (Fsp3) is 0.455. The van der Waals surface area contributed by atoms with Gasteiger partial charge in [0, 0.05) is 12.6 Å². The Morgan fingerprint density at radius 3 is 2.75 bits per heavy atom. The molecule has 0 radical (unpaired) electrons. The molecule has 1 heterocycles. The summed E-state index contributed by atoms with van der Waals surface area (Å²) in [6.45, 7) is 2.15. The maximum Gasteiger partial charge on any atom is 0.354 e. The Morgan fingerprint density at radius 1 is 1.56 bits per heavy atom. The number of aliphatic hydroxyl groups excluding tert-OH is 1. The van der Waals surface area contributed by atoms with E-state index in [4.69, 9.17) is 10.2 Å². The van der Waals surface area contributed by atoms with Gasteiger partial charge >= 0.3 is 5.97 Å². The van der Waals surface area contributed by atoms with E-state index in [1.807, 2.05) is 6.92 Å². The zero-order valence-electron chi connectivity index (χ0n) is 9.18. The topological polar surface area (TPSA) is 82.5 Å². The SMILES string of the molecule is CCC(CCO)Nc1ccc(C(=O)O)nc1. The molecular formula is C11H16N2O3. The van der Waals surface area contributed by atoms with Crippen LogP contribution in [-0.4, -0.2) is 33.8 Å². The van der Waals surface area contributed by atoms with Crippen molar-refractivity contribution >= 4 is 11.7 Å². The molecule has 1 unspecified atom stereocenters. The standard InChI is InChI=1S/C11H16N2O3/c1-2-8(5-6-14)13-9-3-4-10(11(15)16)12-7-9/h3-4,7-8,13-14H,2,5-6H2,1H3,(H,15,16). The Hall–Kier alpha value is -1.62. The van der Waals surface area contributed by atoms with Gasteiger partial charge in [0.05, 0.1) is 11.9 Å². The molecule has 0 aliphatic carbocycles. The monoisotopic (exact) mass is 224 g/mol. The van der Waals surface area contributed by atoms with E-state index in [-0.39, 0.29) is 18.3 Å². The van der Waals surface area contributed by atoms with Gasteiger partial charge in [0.1, 0.15) is 5.69 Å². The van der Waals surface area contributed by atoms with Crippen LogP contribution in [0.4, 0.5) is 5.69 Å². The summed E-state index contributed by atoms with van der Waals surface area (Å²) in [6, 6.07) is 3.31. The summed E-state index contributed by atoms with van der Waals surface area (Å²) in [4.78, 5) is 14.4. The number of hydrogen-bond donors (Lipinski definition) is 3. The number of hydrogen-bond acceptors (Lipinski definition) is 4. The average Bonchev–Trinajstić information content (AvgIpc) is 2.29. The average molecular weight is 224 g/mol. The number of aliphatic hydroxyl groups is 1. The van der Waals surface area contributed by atoms with Crippen molar-refractivity contribution in [2.45, 2.75) is 25.8 Å². The first-order chi connectivity index (χ1) is 7.67. The number of rotatable bonds is 6. The highest BCUT2D eigenvalue weighted by atomic mass is 16.4. The highest BCUT2D eigenvalue weighted by molar-refractivity contribution is 5.85. The molecule has 0 fully saturated rings. The Labute approximate surface area is 94.1 Å². The van der Waals surface area contributed by atoms with Gasteiger partial charge in [-0.2, -0.15) is 0 Å². The number of nitrogens with zero attached hydrogens (tertiary/aromatic N) is 1. The second-order valence-electron chi connectivity index (χ2n) is 3.50. The Bertz CT molecular complexity index is 338. The van der Waals surface area contributed by atoms with E-state index in [9.17, 15) is 4.79 Å². The van der Waals surface area contributed by atoms with Crippen LogP contribution in [0.15, 0.2) is 18.3 Å². The van der Waals surface area contributed by atoms with Gasteiger partial charge in [0.2, 0.25) is 0 Å². The molecular weight excluding hydrogens is 208 g/mol. The van der Waals surface area contributed by atoms with Gasteiger partial charge in [0.15, 0.2) is 0 Å². The van der Waals surface area contributed by atoms with Gasteiger partial charge < -0.3 is 15.5 Å². The van der Waals surface area contributed by atoms with Gasteiger partial charge in [-0.05, 0) is 25.0 Å². The van der Waals surface area contributed by atoms with E-state index in [0.29, 0.717) is 6.42 Å². The summed E-state index contributed by atoms with van der Waals surface area (Å²) in [6.07, 6.45) is 3.04. The maximum atomic E-state index is 10.6. The van der Waals surface area contributed by atoms with Gasteiger partial charge in [-0.25, -0.2) is 9.78 Å². The predicted octanol–water partition coefficient (Wildman–Crippen LogP) is 1.35. The fourth-order valence-electron chi connectivity index (χ4n) is 1.38. The van der Waals surface area contributed by atoms with E-state index < -0.39 is 5.97 Å². The lowest BCUT2D eigenvalue weighted by Gasteiger charge is -2.16. The lowest BCUT2D eigenvalue weighted by atomic mass is 10.1. The number of aromatic nitrogens is 1. The first-order valence-electron chi connectivity index (χ1n) is 5.24. The van der Waals surface area contributed by atoms with Crippen molar-refractivity contribution in [2.24, 2.45) is 0 Å². The largest absolute Gasteiger partial charge is 0.477 e. The van der Waals surface area contributed by atoms with E-state index in [1.54, 1.807) is 6.07 Å². The first-order valence-corrected chi connectivity index (χ1v) is 5.24. The van der Waals surface area contributed by atoms with Crippen LogP contribution < -0.4 is 5.32 Å². The van der Waals surface area contributed by atoms with E-state index in [1.165, 1.54) is 12.3 Å². The third kappa shape index (κ3) is 3.51. The van der Waals surface area contributed by atoms with Gasteiger partial charge in [-0.15, -0.1) is 0 Å². The molecule has 88 valence electrons. The summed E-state index contributed by atoms with van der Waals surface area (Å²) < 4.78 is 0. The summed E-state index contributed by atoms with van der Waals surface area (Å²) in [5, 5.41) is 20.7. The lowest BCUT2D eigenvalue weighted by Crippen LogP contribution is -2.20. The molecule has 0 aliphatic heterocycles. The third-order valence-electron chi connectivity index (χ3n) is 2.32. The van der Waals surface area contributed by atoms with Crippen molar-refractivity contribution in [3.05, 3.63) is 24.0 Å². The van der Waals surface area contributed by atoms with Crippen LogP contribution in [0.2, 0.25) is 0 Å². The number of anilines is 1. The Morgan fingerprint density at radius 2 is 2.31 bits per heavy atom. The summed E-state index contributed by atoms with van der Waals surface area (Å²) in [7, 11) is 0. The number of nitrogens with one attached hydrogen (secondary N) is 1. The molecule has 1 aromatic heterocycles. The molecule has 0 amide bonds. The number of carboxylic acids is 1. The van der Waals surface area contributed by atoms with Crippen molar-refractivity contribution in [1.29, 1.82) is 0 Å². The van der Waals surface area contributed by atoms with E-state index in [2.05, 4.69) is 10.3 Å². The highest BCUT2D eigenvalue weighted by Gasteiger charge is 2.07. The van der Waals surface area contributed by atoms with Crippen molar-refractivity contribution in [1.82, 2.24) is 4.98 Å². The third-order valence-corrected chi connectivity index (χ3v) is 2.32. The van der Waals surface area contributed by atoms with Gasteiger partial charge in [-0.3, -0.25) is 0 Å². The number of aromatic carboxylic acids is 1. The van der Waals surface area contributed by atoms with E-state index in [0.717, 1.165) is 12.1 Å². The Balaban J connectivity index is 2.63. The minimum absolute atomic E-state index is 0.0285. The predicted molar refractivity (Wildman–Crippen MR) is 60.6 cm³/mol. The molecule has 1 aromatic rings. The summed E-state index contributed by atoms with van der Waals surface area (Å²) in [5.74, 6) is -1.03. The fourth-order valence-corrected chi connectivity index (χ4v) is 1.38. The van der Waals surface area contributed by atoms with Crippen LogP contribution in [0.1, 0.15) is 30.3 Å². The van der Waals surface area contributed by atoms with Crippen molar-refractivity contribution < 1.29 is 15.0 Å². The number of carbonyl (C=O) groups is 1. The number of carboxylic acid groups (broad SMARTS) is 1. The summed E-state index contributed by atoms with van der Waals surface area (Å²) in [5.41, 5.74) is 0.797. The molecule has 5 nitrogen and oxygen atoms in total. The second kappa shape index (κ2) is 6.07. The van der Waals surface area contributed by atoms with Gasteiger partial charge in [0.25, 0.3) is 0 Å². The quantitative estimate of drug-likeness (QED) is 0.679. The molecule has 0 spiro atoms. The smallest absolute Gasteiger partial charge is 0.354 e. The van der Waals surface area contributed by atoms with Crippen LogP contribution in [-0.2, 0) is 0 Å². The molecule has 0 bridgehead atoms. The molecule has 5 heteroatoms. The summed E-state index contributed by atoms with van der Waals surface area (Å²) >= 11 is 0. The second-order valence-corrected chi connectivity index (χ2v) is 3.50. The van der Waals surface area contributed by atoms with E-state index >= 15 is 0 Å². The van der Waals surface area contributed by atoms with Crippen LogP contribution in [0.5, 0.6) is 0 Å². The zero-order valence-corrected chi connectivity index (χ0v) is 9.18. The highest BCUT2D eigenvalue weighted by Crippen LogP contribution is 2.11. The van der Waals surface area contributed by atoms with Gasteiger partial charge in [-0.1, -0.05) is 6.92 Å². The van der Waals surface area contributed by atoms with Crippen molar-refractivity contribution in [3.63, 3.8) is 0 Å². The van der Waals surface area contributed by atoms with Crippen molar-refractivity contribution in [2.75, 3.05) is 11.9 Å². The normalized spacial score (nSPS) is 12.1. The minimum Gasteiger partial charge on any atom is -0.477 e. The maximum absolute atomic E-state index is 10.6. The molecule has 3 N–H and O–H groups in total. The molecule has 1 rings (SSSR count). The van der Waals surface area contributed by atoms with Crippen LogP contribution in [0.25, 0.3) is 0 Å². The lowest BCUT2D eigenvalue weighted by molar-refractivity contribution is 0.0690. The minimum atomic E-state index is -1.03. The molecule has 0 saturated heterocycles. The molecule has 0 saturated carbocycles. The Kier molecular flexibility index (Phi) is 4.72. The molecule has 16 heavy (non-hydrogen) atoms. The van der Waals surface area contributed by atoms with Crippen molar-refractivity contribution in [3.8, 4) is 0 Å². The zero-order chi connectivity index (χ0) is 12.0. The molecule has 0 aromatic carbocycles. The molecule has 0 aliphatic rings. The number of pyridine rings is 1.